The summed E-state index contributed by atoms with van der Waals surface area (Å²) in [5, 5.41) is 6.39. The normalized spacial score (nSPS) is 12.6. The number of nitrogens with one attached hydrogen (secondary N) is 2. The number of rotatable bonds is 10. The van der Waals surface area contributed by atoms with E-state index in [1.165, 1.54) is 11.1 Å². The van der Waals surface area contributed by atoms with Gasteiger partial charge >= 0.3 is 0 Å². The number of carbonyl (C=O) groups excluding carboxylic acids is 1. The average molecular weight is 433 g/mol. The summed E-state index contributed by atoms with van der Waals surface area (Å²) in [6, 6.07) is 23.7. The zero-order chi connectivity index (χ0) is 22.9. The van der Waals surface area contributed by atoms with Crippen molar-refractivity contribution in [3.05, 3.63) is 95.1 Å². The second-order valence-electron chi connectivity index (χ2n) is 7.82. The fourth-order valence-corrected chi connectivity index (χ4v) is 3.80. The molecule has 0 aliphatic carbocycles. The topological polar surface area (TPSA) is 59.6 Å². The van der Waals surface area contributed by atoms with Gasteiger partial charge in [0.15, 0.2) is 11.5 Å². The van der Waals surface area contributed by atoms with Gasteiger partial charge in [0.2, 0.25) is 5.91 Å². The summed E-state index contributed by atoms with van der Waals surface area (Å²) >= 11 is 0. The van der Waals surface area contributed by atoms with Gasteiger partial charge in [-0.05, 0) is 48.6 Å². The van der Waals surface area contributed by atoms with E-state index in [1.54, 1.807) is 21.3 Å². The molecule has 3 aromatic rings. The Morgan fingerprint density at radius 3 is 2.19 bits per heavy atom. The summed E-state index contributed by atoms with van der Waals surface area (Å²) in [6.45, 7) is 2.09. The Kier molecular flexibility index (Phi) is 8.28. The lowest BCUT2D eigenvalue weighted by atomic mass is 9.95. The maximum Gasteiger partial charge on any atom is 0.241 e. The van der Waals surface area contributed by atoms with Gasteiger partial charge in [-0.2, -0.15) is 0 Å². The molecule has 0 spiro atoms. The fraction of sp³-hybridized carbons (Fsp3) is 0.296. The molecule has 0 fully saturated rings. The van der Waals surface area contributed by atoms with E-state index in [0.717, 1.165) is 24.0 Å². The predicted octanol–water partition coefficient (Wildman–Crippen LogP) is 4.76. The number of ether oxygens (including phenoxy) is 2. The molecule has 0 unspecified atom stereocenters. The summed E-state index contributed by atoms with van der Waals surface area (Å²) in [4.78, 5) is 12.8. The highest BCUT2D eigenvalue weighted by molar-refractivity contribution is 5.83. The molecule has 5 heteroatoms. The predicted molar refractivity (Wildman–Crippen MR) is 128 cm³/mol. The Bertz CT molecular complexity index is 1000. The molecule has 2 N–H and O–H groups in total. The van der Waals surface area contributed by atoms with E-state index in [1.807, 2.05) is 48.5 Å². The van der Waals surface area contributed by atoms with Gasteiger partial charge in [-0.25, -0.2) is 0 Å². The lowest BCUT2D eigenvalue weighted by molar-refractivity contribution is -0.123. The van der Waals surface area contributed by atoms with Gasteiger partial charge in [-0.15, -0.1) is 0 Å². The highest BCUT2D eigenvalue weighted by Gasteiger charge is 2.24. The summed E-state index contributed by atoms with van der Waals surface area (Å²) in [5.41, 5.74) is 4.47. The van der Waals surface area contributed by atoms with Crippen LogP contribution in [0.4, 0.5) is 0 Å². The van der Waals surface area contributed by atoms with E-state index < -0.39 is 6.04 Å². The first kappa shape index (κ1) is 23.4. The number of aryl methyl sites for hydroxylation is 2. The first-order valence-corrected chi connectivity index (χ1v) is 10.9. The molecule has 0 aliphatic rings. The van der Waals surface area contributed by atoms with E-state index in [9.17, 15) is 4.79 Å². The van der Waals surface area contributed by atoms with Gasteiger partial charge in [0.25, 0.3) is 0 Å². The first-order chi connectivity index (χ1) is 15.5. The largest absolute Gasteiger partial charge is 0.493 e. The molecule has 168 valence electrons. The van der Waals surface area contributed by atoms with Crippen molar-refractivity contribution in [2.75, 3.05) is 21.3 Å². The van der Waals surface area contributed by atoms with Crippen molar-refractivity contribution in [1.29, 1.82) is 0 Å². The van der Waals surface area contributed by atoms with Gasteiger partial charge in [-0.3, -0.25) is 10.1 Å². The standard InChI is InChI=1S/C27H32N2O3/c1-19-10-12-20(13-11-19)14-16-23(22-15-17-24(31-3)25(18-22)32-4)29-26(27(30)28-2)21-8-6-5-7-9-21/h5-13,15,17-18,23,26,29H,14,16H2,1-4H3,(H,28,30)/t23-,26+/m0/s1. The number of carbonyl (C=O) groups is 1. The van der Waals surface area contributed by atoms with Crippen LogP contribution in [-0.4, -0.2) is 27.2 Å². The SMILES string of the molecule is CNC(=O)[C@H](N[C@@H](CCc1ccc(C)cc1)c1ccc(OC)c(OC)c1)c1ccccc1. The molecule has 5 nitrogen and oxygen atoms in total. The van der Waals surface area contributed by atoms with Crippen molar-refractivity contribution in [3.8, 4) is 11.5 Å². The van der Waals surface area contributed by atoms with Gasteiger partial charge in [0.1, 0.15) is 6.04 Å². The van der Waals surface area contributed by atoms with Crippen molar-refractivity contribution in [3.63, 3.8) is 0 Å². The molecule has 0 aromatic heterocycles. The number of likely N-dealkylation sites (N-methyl/N-ethyl adjacent to an activating group) is 1. The van der Waals surface area contributed by atoms with Crippen LogP contribution in [0.5, 0.6) is 11.5 Å². The Hall–Kier alpha value is -3.31. The molecule has 0 saturated carbocycles. The van der Waals surface area contributed by atoms with Crippen molar-refractivity contribution in [1.82, 2.24) is 10.6 Å². The molecule has 0 saturated heterocycles. The third kappa shape index (κ3) is 5.89. The number of hydrogen-bond donors (Lipinski definition) is 2. The summed E-state index contributed by atoms with van der Waals surface area (Å²) < 4.78 is 10.9. The number of methoxy groups -OCH3 is 2. The van der Waals surface area contributed by atoms with Crippen molar-refractivity contribution < 1.29 is 14.3 Å². The third-order valence-electron chi connectivity index (χ3n) is 5.66. The minimum Gasteiger partial charge on any atom is -0.493 e. The van der Waals surface area contributed by atoms with Gasteiger partial charge in [0.05, 0.1) is 14.2 Å². The summed E-state index contributed by atoms with van der Waals surface area (Å²) in [5.74, 6) is 1.28. The number of benzene rings is 3. The maximum atomic E-state index is 12.8. The van der Waals surface area contributed by atoms with Crippen LogP contribution >= 0.6 is 0 Å². The molecule has 0 radical (unpaired) electrons. The lowest BCUT2D eigenvalue weighted by Gasteiger charge is -2.26. The molecule has 3 aromatic carbocycles. The van der Waals surface area contributed by atoms with Crippen molar-refractivity contribution in [2.45, 2.75) is 31.8 Å². The fourth-order valence-electron chi connectivity index (χ4n) is 3.80. The first-order valence-electron chi connectivity index (χ1n) is 10.9. The van der Waals surface area contributed by atoms with Crippen LogP contribution < -0.4 is 20.1 Å². The molecule has 1 amide bonds. The molecule has 0 heterocycles. The third-order valence-corrected chi connectivity index (χ3v) is 5.66. The van der Waals surface area contributed by atoms with Crippen LogP contribution in [0, 0.1) is 6.92 Å². The van der Waals surface area contributed by atoms with Crippen molar-refractivity contribution in [2.24, 2.45) is 0 Å². The Balaban J connectivity index is 1.93. The second kappa shape index (κ2) is 11.3. The summed E-state index contributed by atoms with van der Waals surface area (Å²) in [6.07, 6.45) is 1.69. The quantitative estimate of drug-likeness (QED) is 0.485. The van der Waals surface area contributed by atoms with Crippen LogP contribution in [-0.2, 0) is 11.2 Å². The highest BCUT2D eigenvalue weighted by Crippen LogP contribution is 2.32. The van der Waals surface area contributed by atoms with Crippen LogP contribution in [0.3, 0.4) is 0 Å². The van der Waals surface area contributed by atoms with Crippen LogP contribution in [0.1, 0.15) is 40.8 Å². The van der Waals surface area contributed by atoms with E-state index >= 15 is 0 Å². The van der Waals surface area contributed by atoms with Crippen molar-refractivity contribution >= 4 is 5.91 Å². The van der Waals surface area contributed by atoms with Crippen LogP contribution in [0.15, 0.2) is 72.8 Å². The summed E-state index contributed by atoms with van der Waals surface area (Å²) in [7, 11) is 4.92. The average Bonchev–Trinajstić information content (AvgIpc) is 2.85. The Morgan fingerprint density at radius 2 is 1.56 bits per heavy atom. The Morgan fingerprint density at radius 1 is 0.875 bits per heavy atom. The second-order valence-corrected chi connectivity index (χ2v) is 7.82. The van der Waals surface area contributed by atoms with Gasteiger partial charge < -0.3 is 14.8 Å². The van der Waals surface area contributed by atoms with E-state index in [0.29, 0.717) is 11.5 Å². The monoisotopic (exact) mass is 432 g/mol. The molecule has 32 heavy (non-hydrogen) atoms. The molecular formula is C27H32N2O3. The lowest BCUT2D eigenvalue weighted by Crippen LogP contribution is -2.38. The molecule has 3 rings (SSSR count). The smallest absolute Gasteiger partial charge is 0.241 e. The Labute approximate surface area is 190 Å². The van der Waals surface area contributed by atoms with Crippen LogP contribution in [0.25, 0.3) is 0 Å². The van der Waals surface area contributed by atoms with Gasteiger partial charge in [-0.1, -0.05) is 66.2 Å². The zero-order valence-electron chi connectivity index (χ0n) is 19.2. The highest BCUT2D eigenvalue weighted by atomic mass is 16.5. The minimum atomic E-state index is -0.475. The molecular weight excluding hydrogens is 400 g/mol. The van der Waals surface area contributed by atoms with Crippen LogP contribution in [0.2, 0.25) is 0 Å². The number of amides is 1. The molecule has 0 bridgehead atoms. The van der Waals surface area contributed by atoms with E-state index in [4.69, 9.17) is 9.47 Å². The minimum absolute atomic E-state index is 0.0707. The molecule has 0 aliphatic heterocycles. The zero-order valence-corrected chi connectivity index (χ0v) is 19.2. The molecule has 2 atom stereocenters. The van der Waals surface area contributed by atoms with E-state index in [2.05, 4.69) is 41.8 Å². The maximum absolute atomic E-state index is 12.8. The number of hydrogen-bond acceptors (Lipinski definition) is 4. The van der Waals surface area contributed by atoms with Gasteiger partial charge in [0, 0.05) is 13.1 Å². The van der Waals surface area contributed by atoms with E-state index in [-0.39, 0.29) is 11.9 Å².